The molecule has 0 unspecified atom stereocenters. The molecule has 3 atom stereocenters. The molecule has 28 heavy (non-hydrogen) atoms. The fourth-order valence-corrected chi connectivity index (χ4v) is 5.54. The minimum absolute atomic E-state index is 0.0504. The molecule has 0 fully saturated rings. The second-order valence-electron chi connectivity index (χ2n) is 6.75. The molecule has 9 heteroatoms. The molecule has 0 amide bonds. The lowest BCUT2D eigenvalue weighted by molar-refractivity contribution is -0.387. The van der Waals surface area contributed by atoms with E-state index < -0.39 is 33.6 Å². The largest absolute Gasteiger partial charge is 0.466 e. The molecule has 2 heterocycles. The number of benzene rings is 1. The van der Waals surface area contributed by atoms with Gasteiger partial charge in [-0.2, -0.15) is 0 Å². The molecule has 150 valence electrons. The van der Waals surface area contributed by atoms with Crippen molar-refractivity contribution in [3.05, 3.63) is 45.1 Å². The van der Waals surface area contributed by atoms with Crippen LogP contribution in [-0.2, 0) is 19.1 Å². The third-order valence-corrected chi connectivity index (χ3v) is 6.41. The molecular weight excluding hydrogens is 384 g/mol. The zero-order valence-electron chi connectivity index (χ0n) is 16.1. The van der Waals surface area contributed by atoms with Gasteiger partial charge in [0.1, 0.15) is 5.92 Å². The van der Waals surface area contributed by atoms with Gasteiger partial charge in [-0.05, 0) is 33.3 Å². The van der Waals surface area contributed by atoms with Crippen molar-refractivity contribution in [1.82, 2.24) is 5.32 Å². The number of rotatable bonds is 5. The maximum Gasteiger partial charge on any atom is 0.336 e. The van der Waals surface area contributed by atoms with Gasteiger partial charge in [-0.25, -0.2) is 4.79 Å². The number of hydrogen-bond donors (Lipinski definition) is 1. The molecule has 0 radical (unpaired) electrons. The number of nitrogens with zero attached hydrogens (tertiary/aromatic N) is 1. The number of esters is 2. The second-order valence-corrected chi connectivity index (χ2v) is 8.21. The standard InChI is InChI=1S/C19H22N2O6S/c1-5-26-17(22)13-10(3)20-19(4)15(18(23)27-6-2)14(13)11-8-7-9-12(21(24)25)16(11)28-19/h7-9,14-15,20H,5-6H2,1-4H3/t14-,15-,19-/m1/s1. The van der Waals surface area contributed by atoms with E-state index in [0.29, 0.717) is 21.7 Å². The molecule has 2 bridgehead atoms. The Bertz CT molecular complexity index is 883. The molecule has 3 rings (SSSR count). The monoisotopic (exact) mass is 406 g/mol. The molecule has 1 aromatic rings. The van der Waals surface area contributed by atoms with Crippen LogP contribution in [0.4, 0.5) is 5.69 Å². The SMILES string of the molecule is CCOC(=O)C1=C(C)N[C@]2(C)Sc3c(cccc3[N+](=O)[O-])[C@H]1[C@@H]2C(=O)OCC. The second kappa shape index (κ2) is 7.46. The highest BCUT2D eigenvalue weighted by Crippen LogP contribution is 2.58. The summed E-state index contributed by atoms with van der Waals surface area (Å²) >= 11 is 1.22. The molecule has 0 aromatic heterocycles. The first-order chi connectivity index (χ1) is 13.2. The van der Waals surface area contributed by atoms with Crippen LogP contribution in [-0.4, -0.2) is 34.9 Å². The minimum atomic E-state index is -0.907. The van der Waals surface area contributed by atoms with Gasteiger partial charge < -0.3 is 14.8 Å². The molecule has 0 aliphatic carbocycles. The summed E-state index contributed by atoms with van der Waals surface area (Å²) in [6.07, 6.45) is 0. The van der Waals surface area contributed by atoms with Crippen LogP contribution in [0.1, 0.15) is 39.2 Å². The van der Waals surface area contributed by atoms with E-state index in [9.17, 15) is 19.7 Å². The highest BCUT2D eigenvalue weighted by molar-refractivity contribution is 8.01. The number of nitro groups is 1. The van der Waals surface area contributed by atoms with Gasteiger partial charge in [0, 0.05) is 17.7 Å². The third kappa shape index (κ3) is 3.13. The molecular formula is C19H22N2O6S. The van der Waals surface area contributed by atoms with Crippen molar-refractivity contribution < 1.29 is 24.0 Å². The Morgan fingerprint density at radius 3 is 2.57 bits per heavy atom. The van der Waals surface area contributed by atoms with Crippen LogP contribution in [0.25, 0.3) is 0 Å². The number of ether oxygens (including phenoxy) is 2. The summed E-state index contributed by atoms with van der Waals surface area (Å²) in [6.45, 7) is 7.35. The fourth-order valence-electron chi connectivity index (χ4n) is 4.00. The van der Waals surface area contributed by atoms with Crippen molar-refractivity contribution in [3.63, 3.8) is 0 Å². The molecule has 2 aliphatic heterocycles. The summed E-state index contributed by atoms with van der Waals surface area (Å²) in [7, 11) is 0. The predicted molar refractivity (Wildman–Crippen MR) is 103 cm³/mol. The van der Waals surface area contributed by atoms with Crippen molar-refractivity contribution >= 4 is 29.4 Å². The summed E-state index contributed by atoms with van der Waals surface area (Å²) in [5.41, 5.74) is 1.42. The predicted octanol–water partition coefficient (Wildman–Crippen LogP) is 3.12. The number of thioether (sulfide) groups is 1. The van der Waals surface area contributed by atoms with Crippen molar-refractivity contribution in [2.24, 2.45) is 5.92 Å². The van der Waals surface area contributed by atoms with Gasteiger partial charge in [0.25, 0.3) is 5.69 Å². The fraction of sp³-hybridized carbons (Fsp3) is 0.474. The molecule has 0 saturated heterocycles. The molecule has 0 spiro atoms. The normalized spacial score (nSPS) is 25.4. The number of carbonyl (C=O) groups is 2. The number of carbonyl (C=O) groups excluding carboxylic acids is 2. The van der Waals surface area contributed by atoms with Crippen LogP contribution in [0.2, 0.25) is 0 Å². The summed E-state index contributed by atoms with van der Waals surface area (Å²) in [6, 6.07) is 4.72. The number of nitro benzene ring substituents is 1. The van der Waals surface area contributed by atoms with Gasteiger partial charge in [-0.15, -0.1) is 0 Å². The van der Waals surface area contributed by atoms with E-state index in [1.807, 2.05) is 0 Å². The van der Waals surface area contributed by atoms with E-state index in [1.54, 1.807) is 39.8 Å². The minimum Gasteiger partial charge on any atom is -0.466 e. The van der Waals surface area contributed by atoms with E-state index >= 15 is 0 Å². The number of fused-ring (bicyclic) bond motifs is 4. The van der Waals surface area contributed by atoms with Crippen LogP contribution in [0, 0.1) is 16.0 Å². The Morgan fingerprint density at radius 1 is 1.29 bits per heavy atom. The zero-order chi connectivity index (χ0) is 20.6. The number of allylic oxidation sites excluding steroid dienone is 1. The number of nitrogens with one attached hydrogen (secondary N) is 1. The van der Waals surface area contributed by atoms with Crippen LogP contribution >= 0.6 is 11.8 Å². The molecule has 2 aliphatic rings. The van der Waals surface area contributed by atoms with Gasteiger partial charge in [0.05, 0.1) is 33.5 Å². The van der Waals surface area contributed by atoms with Crippen LogP contribution < -0.4 is 5.32 Å². The van der Waals surface area contributed by atoms with Crippen molar-refractivity contribution in [3.8, 4) is 0 Å². The maximum absolute atomic E-state index is 12.9. The van der Waals surface area contributed by atoms with E-state index in [1.165, 1.54) is 17.8 Å². The van der Waals surface area contributed by atoms with Gasteiger partial charge in [-0.3, -0.25) is 14.9 Å². The molecule has 1 N–H and O–H groups in total. The van der Waals surface area contributed by atoms with E-state index in [0.717, 1.165) is 0 Å². The Labute approximate surface area is 166 Å². The Balaban J connectivity index is 2.28. The summed E-state index contributed by atoms with van der Waals surface area (Å²) < 4.78 is 10.5. The average molecular weight is 406 g/mol. The van der Waals surface area contributed by atoms with Crippen molar-refractivity contribution in [2.45, 2.75) is 43.4 Å². The van der Waals surface area contributed by atoms with Crippen LogP contribution in [0.3, 0.4) is 0 Å². The van der Waals surface area contributed by atoms with Gasteiger partial charge in [-0.1, -0.05) is 23.9 Å². The van der Waals surface area contributed by atoms with Gasteiger partial charge >= 0.3 is 11.9 Å². The quantitative estimate of drug-likeness (QED) is 0.451. The Kier molecular flexibility index (Phi) is 5.38. The van der Waals surface area contributed by atoms with E-state index in [2.05, 4.69) is 5.32 Å². The summed E-state index contributed by atoms with van der Waals surface area (Å²) in [5, 5.41) is 14.8. The molecule has 8 nitrogen and oxygen atoms in total. The number of hydrogen-bond acceptors (Lipinski definition) is 8. The highest BCUT2D eigenvalue weighted by atomic mass is 32.2. The summed E-state index contributed by atoms with van der Waals surface area (Å²) in [5.74, 6) is -2.43. The summed E-state index contributed by atoms with van der Waals surface area (Å²) in [4.78, 5) is 36.3. The average Bonchev–Trinajstić information content (AvgIpc) is 2.60. The Hall–Kier alpha value is -2.55. The van der Waals surface area contributed by atoms with Gasteiger partial charge in [0.15, 0.2) is 0 Å². The lowest BCUT2D eigenvalue weighted by atomic mass is 9.72. The topological polar surface area (TPSA) is 108 Å². The van der Waals surface area contributed by atoms with Gasteiger partial charge in [0.2, 0.25) is 0 Å². The Morgan fingerprint density at radius 2 is 1.96 bits per heavy atom. The maximum atomic E-state index is 12.9. The van der Waals surface area contributed by atoms with Crippen LogP contribution in [0.5, 0.6) is 0 Å². The zero-order valence-corrected chi connectivity index (χ0v) is 16.9. The lowest BCUT2D eigenvalue weighted by Crippen LogP contribution is -2.57. The lowest BCUT2D eigenvalue weighted by Gasteiger charge is -2.49. The first kappa shape index (κ1) is 20.2. The third-order valence-electron chi connectivity index (χ3n) is 4.98. The van der Waals surface area contributed by atoms with Crippen LogP contribution in [0.15, 0.2) is 34.4 Å². The van der Waals surface area contributed by atoms with Crippen molar-refractivity contribution in [1.29, 1.82) is 0 Å². The van der Waals surface area contributed by atoms with E-state index in [4.69, 9.17) is 9.47 Å². The first-order valence-corrected chi connectivity index (χ1v) is 9.85. The van der Waals surface area contributed by atoms with E-state index in [-0.39, 0.29) is 18.9 Å². The highest BCUT2D eigenvalue weighted by Gasteiger charge is 2.57. The van der Waals surface area contributed by atoms with Crippen molar-refractivity contribution in [2.75, 3.05) is 13.2 Å². The first-order valence-electron chi connectivity index (χ1n) is 9.04. The smallest absolute Gasteiger partial charge is 0.336 e. The molecule has 0 saturated carbocycles. The molecule has 1 aromatic carbocycles.